The Morgan fingerprint density at radius 2 is 1.11 bits per heavy atom. The molecule has 3 fully saturated rings. The zero-order chi connectivity index (χ0) is 25.6. The third-order valence-corrected chi connectivity index (χ3v) is 7.21. The van der Waals surface area contributed by atoms with Crippen LogP contribution in [0.3, 0.4) is 0 Å². The molecule has 0 radical (unpaired) electrons. The van der Waals surface area contributed by atoms with E-state index in [4.69, 9.17) is 0 Å². The molecule has 2 saturated heterocycles. The highest BCUT2D eigenvalue weighted by atomic mass is 15.3. The lowest BCUT2D eigenvalue weighted by Crippen LogP contribution is -2.43. The first-order valence-corrected chi connectivity index (χ1v) is 13.7. The molecule has 12 heteroatoms. The van der Waals surface area contributed by atoms with Crippen molar-refractivity contribution in [3.05, 3.63) is 36.7 Å². The molecule has 2 aliphatic heterocycles. The fraction of sp³-hybridized carbons (Fsp3) is 0.500. The number of aromatic nitrogens is 5. The highest BCUT2D eigenvalue weighted by molar-refractivity contribution is 5.60. The summed E-state index contributed by atoms with van der Waals surface area (Å²) in [6.45, 7) is 7.76. The molecule has 12 nitrogen and oxygen atoms in total. The molecular formula is C26H36N12. The summed E-state index contributed by atoms with van der Waals surface area (Å²) in [6.07, 6.45) is 8.39. The van der Waals surface area contributed by atoms with Gasteiger partial charge in [0.25, 0.3) is 0 Å². The monoisotopic (exact) mass is 516 g/mol. The van der Waals surface area contributed by atoms with Crippen molar-refractivity contribution in [1.29, 1.82) is 0 Å². The van der Waals surface area contributed by atoms with Gasteiger partial charge in [0.2, 0.25) is 17.8 Å². The minimum atomic E-state index is 0.387. The van der Waals surface area contributed by atoms with Gasteiger partial charge in [0.05, 0.1) is 23.8 Å². The van der Waals surface area contributed by atoms with Gasteiger partial charge < -0.3 is 36.4 Å². The van der Waals surface area contributed by atoms with Gasteiger partial charge >= 0.3 is 0 Å². The molecule has 5 N–H and O–H groups in total. The Kier molecular flexibility index (Phi) is 7.59. The summed E-state index contributed by atoms with van der Waals surface area (Å²) in [6, 6.07) is 8.50. The van der Waals surface area contributed by atoms with Gasteiger partial charge in [-0.05, 0) is 37.1 Å². The average molecular weight is 517 g/mol. The summed E-state index contributed by atoms with van der Waals surface area (Å²) in [7, 11) is 0. The van der Waals surface area contributed by atoms with E-state index in [0.29, 0.717) is 23.9 Å². The van der Waals surface area contributed by atoms with E-state index in [2.05, 4.69) is 61.3 Å². The van der Waals surface area contributed by atoms with Gasteiger partial charge in [-0.1, -0.05) is 12.8 Å². The quantitative estimate of drug-likeness (QED) is 0.301. The molecule has 0 amide bonds. The number of hydrogen-bond acceptors (Lipinski definition) is 12. The first-order valence-electron chi connectivity index (χ1n) is 13.7. The molecule has 0 spiro atoms. The van der Waals surface area contributed by atoms with E-state index < -0.39 is 0 Å². The standard InChI is InChI=1S/C26H36N12/c1-2-4-19(3-1)31-24-34-25(32-20-5-7-22(29-17-20)37-13-9-27-10-14-37)36-26(35-24)33-21-6-8-23(30-18-21)38-15-11-28-12-16-38/h5-8,17-19,27-28H,1-4,9-16H2,(H3,31,32,33,34,35,36). The number of anilines is 7. The highest BCUT2D eigenvalue weighted by Gasteiger charge is 2.18. The summed E-state index contributed by atoms with van der Waals surface area (Å²) < 4.78 is 0. The van der Waals surface area contributed by atoms with Crippen LogP contribution in [0.4, 0.5) is 40.9 Å². The van der Waals surface area contributed by atoms with Gasteiger partial charge in [0.1, 0.15) is 11.6 Å². The predicted molar refractivity (Wildman–Crippen MR) is 151 cm³/mol. The number of piperazine rings is 2. The largest absolute Gasteiger partial charge is 0.354 e. The molecule has 3 aromatic rings. The van der Waals surface area contributed by atoms with Crippen LogP contribution >= 0.6 is 0 Å². The minimum Gasteiger partial charge on any atom is -0.354 e. The van der Waals surface area contributed by atoms with Crippen molar-refractivity contribution in [2.75, 3.05) is 78.1 Å². The van der Waals surface area contributed by atoms with Crippen LogP contribution in [0.25, 0.3) is 0 Å². The Hall–Kier alpha value is -3.77. The SMILES string of the molecule is c1cc(N2CCNCC2)ncc1Nc1nc(Nc2ccc(N3CCNCC3)nc2)nc(NC2CCCC2)n1. The maximum atomic E-state index is 4.66. The number of rotatable bonds is 8. The van der Waals surface area contributed by atoms with E-state index >= 15 is 0 Å². The molecule has 5 heterocycles. The summed E-state index contributed by atoms with van der Waals surface area (Å²) in [5, 5.41) is 16.9. The Balaban J connectivity index is 1.18. The molecule has 0 aromatic carbocycles. The van der Waals surface area contributed by atoms with Crippen LogP contribution in [0.5, 0.6) is 0 Å². The third kappa shape index (κ3) is 6.20. The van der Waals surface area contributed by atoms with Gasteiger partial charge in [-0.2, -0.15) is 15.0 Å². The highest BCUT2D eigenvalue weighted by Crippen LogP contribution is 2.24. The maximum absolute atomic E-state index is 4.66. The zero-order valence-electron chi connectivity index (χ0n) is 21.7. The van der Waals surface area contributed by atoms with E-state index in [-0.39, 0.29) is 0 Å². The Labute approximate surface area is 223 Å². The molecule has 1 aliphatic carbocycles. The second-order valence-electron chi connectivity index (χ2n) is 9.97. The lowest BCUT2D eigenvalue weighted by Gasteiger charge is -2.28. The lowest BCUT2D eigenvalue weighted by molar-refractivity contribution is 0.585. The van der Waals surface area contributed by atoms with Crippen molar-refractivity contribution < 1.29 is 0 Å². The second kappa shape index (κ2) is 11.7. The average Bonchev–Trinajstić information content (AvgIpc) is 3.48. The first kappa shape index (κ1) is 24.6. The van der Waals surface area contributed by atoms with Gasteiger partial charge in [-0.3, -0.25) is 0 Å². The molecule has 0 atom stereocenters. The fourth-order valence-electron chi connectivity index (χ4n) is 5.15. The van der Waals surface area contributed by atoms with E-state index in [1.165, 1.54) is 12.8 Å². The third-order valence-electron chi connectivity index (χ3n) is 7.21. The van der Waals surface area contributed by atoms with Crippen LogP contribution in [-0.2, 0) is 0 Å². The molecule has 200 valence electrons. The molecule has 3 aliphatic rings. The molecule has 3 aromatic heterocycles. The lowest BCUT2D eigenvalue weighted by atomic mass is 10.3. The normalized spacial score (nSPS) is 18.4. The predicted octanol–water partition coefficient (Wildman–Crippen LogP) is 2.32. The molecule has 0 bridgehead atoms. The van der Waals surface area contributed by atoms with E-state index in [0.717, 1.165) is 88.2 Å². The van der Waals surface area contributed by atoms with Crippen LogP contribution < -0.4 is 36.4 Å². The Bertz CT molecular complexity index is 1090. The van der Waals surface area contributed by atoms with E-state index in [1.807, 2.05) is 36.7 Å². The maximum Gasteiger partial charge on any atom is 0.233 e. The topological polar surface area (TPSA) is 131 Å². The summed E-state index contributed by atoms with van der Waals surface area (Å²) in [5.41, 5.74) is 1.66. The van der Waals surface area contributed by atoms with Crippen LogP contribution in [0.2, 0.25) is 0 Å². The van der Waals surface area contributed by atoms with Crippen molar-refractivity contribution >= 4 is 40.9 Å². The zero-order valence-corrected chi connectivity index (χ0v) is 21.7. The van der Waals surface area contributed by atoms with Crippen molar-refractivity contribution in [2.45, 2.75) is 31.7 Å². The summed E-state index contributed by atoms with van der Waals surface area (Å²) >= 11 is 0. The smallest absolute Gasteiger partial charge is 0.233 e. The molecule has 38 heavy (non-hydrogen) atoms. The summed E-state index contributed by atoms with van der Waals surface area (Å²) in [5.74, 6) is 3.45. The van der Waals surface area contributed by atoms with Gasteiger partial charge in [0, 0.05) is 58.4 Å². The molecule has 1 saturated carbocycles. The number of hydrogen-bond donors (Lipinski definition) is 5. The van der Waals surface area contributed by atoms with Crippen molar-refractivity contribution in [3.8, 4) is 0 Å². The van der Waals surface area contributed by atoms with Crippen LogP contribution in [0.1, 0.15) is 25.7 Å². The summed E-state index contributed by atoms with van der Waals surface area (Å²) in [4.78, 5) is 27.9. The van der Waals surface area contributed by atoms with Gasteiger partial charge in [-0.25, -0.2) is 9.97 Å². The van der Waals surface area contributed by atoms with Crippen LogP contribution in [0, 0.1) is 0 Å². The number of nitrogens with one attached hydrogen (secondary N) is 5. The number of pyridine rings is 2. The van der Waals surface area contributed by atoms with E-state index in [1.54, 1.807) is 0 Å². The fourth-order valence-corrected chi connectivity index (χ4v) is 5.15. The van der Waals surface area contributed by atoms with Gasteiger partial charge in [0.15, 0.2) is 0 Å². The number of nitrogens with zero attached hydrogens (tertiary/aromatic N) is 7. The first-order chi connectivity index (χ1) is 18.8. The van der Waals surface area contributed by atoms with E-state index in [9.17, 15) is 0 Å². The van der Waals surface area contributed by atoms with Crippen molar-refractivity contribution in [1.82, 2.24) is 35.6 Å². The van der Waals surface area contributed by atoms with Gasteiger partial charge in [-0.15, -0.1) is 0 Å². The Morgan fingerprint density at radius 1 is 0.632 bits per heavy atom. The van der Waals surface area contributed by atoms with Crippen LogP contribution in [0.15, 0.2) is 36.7 Å². The molecule has 0 unspecified atom stereocenters. The van der Waals surface area contributed by atoms with Crippen molar-refractivity contribution in [3.63, 3.8) is 0 Å². The van der Waals surface area contributed by atoms with Crippen molar-refractivity contribution in [2.24, 2.45) is 0 Å². The molecule has 6 rings (SSSR count). The Morgan fingerprint density at radius 3 is 1.55 bits per heavy atom. The second-order valence-corrected chi connectivity index (χ2v) is 9.97. The minimum absolute atomic E-state index is 0.387. The molecular weight excluding hydrogens is 480 g/mol. The van der Waals surface area contributed by atoms with Crippen LogP contribution in [-0.4, -0.2) is 83.3 Å².